The molecule has 1 aliphatic rings. The lowest BCUT2D eigenvalue weighted by atomic mass is 9.98. The van der Waals surface area contributed by atoms with Crippen LogP contribution in [0.1, 0.15) is 29.7 Å². The number of rotatable bonds is 6. The van der Waals surface area contributed by atoms with Crippen LogP contribution in [0.25, 0.3) is 10.2 Å². The van der Waals surface area contributed by atoms with Crippen molar-refractivity contribution in [3.05, 3.63) is 83.4 Å². The molecule has 4 aromatic rings. The molecule has 0 spiro atoms. The predicted molar refractivity (Wildman–Crippen MR) is 142 cm³/mol. The van der Waals surface area contributed by atoms with Crippen molar-refractivity contribution in [3.8, 4) is 0 Å². The van der Waals surface area contributed by atoms with Crippen LogP contribution in [0.5, 0.6) is 0 Å². The van der Waals surface area contributed by atoms with Crippen molar-refractivity contribution in [1.82, 2.24) is 14.3 Å². The van der Waals surface area contributed by atoms with Gasteiger partial charge in [-0.2, -0.15) is 4.31 Å². The highest BCUT2D eigenvalue weighted by Crippen LogP contribution is 2.34. The van der Waals surface area contributed by atoms with E-state index in [2.05, 4.69) is 11.1 Å². The van der Waals surface area contributed by atoms with Crippen LogP contribution in [0.15, 0.2) is 65.7 Å². The van der Waals surface area contributed by atoms with Crippen molar-refractivity contribution < 1.29 is 17.6 Å². The van der Waals surface area contributed by atoms with Crippen LogP contribution in [0, 0.1) is 25.6 Å². The van der Waals surface area contributed by atoms with Crippen molar-refractivity contribution in [1.29, 1.82) is 0 Å². The van der Waals surface area contributed by atoms with Gasteiger partial charge in [-0.05, 0) is 86.3 Å². The summed E-state index contributed by atoms with van der Waals surface area (Å²) < 4.78 is 42.2. The van der Waals surface area contributed by atoms with Gasteiger partial charge in [-0.15, -0.1) is 0 Å². The molecular weight excluding hydrogens is 511 g/mol. The smallest absolute Gasteiger partial charge is 0.243 e. The third-order valence-electron chi connectivity index (χ3n) is 6.72. The van der Waals surface area contributed by atoms with Gasteiger partial charge in [0.1, 0.15) is 5.82 Å². The van der Waals surface area contributed by atoms with Crippen LogP contribution in [-0.2, 0) is 21.4 Å². The number of carbonyl (C=O) groups is 1. The zero-order valence-electron chi connectivity index (χ0n) is 20.6. The number of carbonyl (C=O) groups excluding carboxylic acids is 1. The Balaban J connectivity index is 1.46. The predicted octanol–water partition coefficient (Wildman–Crippen LogP) is 5.08. The number of aryl methyl sites for hydroxylation is 2. The van der Waals surface area contributed by atoms with E-state index in [1.807, 2.05) is 38.1 Å². The lowest BCUT2D eigenvalue weighted by Crippen LogP contribution is -2.46. The van der Waals surface area contributed by atoms with E-state index in [-0.39, 0.29) is 23.9 Å². The normalized spacial score (nSPS) is 16.7. The number of nitrogens with zero attached hydrogens (tertiary/aromatic N) is 4. The molecule has 2 aromatic heterocycles. The van der Waals surface area contributed by atoms with Gasteiger partial charge in [0.25, 0.3) is 0 Å². The van der Waals surface area contributed by atoms with Crippen molar-refractivity contribution in [3.63, 3.8) is 0 Å². The van der Waals surface area contributed by atoms with Crippen LogP contribution in [0.2, 0.25) is 0 Å². The first-order chi connectivity index (χ1) is 17.7. The lowest BCUT2D eigenvalue weighted by Gasteiger charge is -2.33. The Hall–Kier alpha value is -3.21. The fraction of sp³-hybridized carbons (Fsp3) is 0.296. The largest absolute Gasteiger partial charge is 0.282 e. The number of halogens is 1. The van der Waals surface area contributed by atoms with Crippen LogP contribution in [-0.4, -0.2) is 41.7 Å². The van der Waals surface area contributed by atoms with E-state index in [4.69, 9.17) is 4.98 Å². The highest BCUT2D eigenvalue weighted by atomic mass is 32.2. The highest BCUT2D eigenvalue weighted by molar-refractivity contribution is 7.89. The molecule has 0 saturated carbocycles. The maximum Gasteiger partial charge on any atom is 0.243 e. The number of piperidine rings is 1. The standard InChI is InChI=1S/C27H27FN4O3S2/c1-18-14-24-25(15-19(18)2)36-27(30-24)32(17-22-7-3-4-12-29-22)26(33)20-6-5-13-31(16-20)37(34,35)23-10-8-21(28)9-11-23/h3-4,7-12,14-15,20H,5-6,13,16-17H2,1-2H3. The van der Waals surface area contributed by atoms with E-state index < -0.39 is 21.8 Å². The van der Waals surface area contributed by atoms with Crippen molar-refractivity contribution in [2.45, 2.75) is 38.1 Å². The van der Waals surface area contributed by atoms with E-state index in [1.165, 1.54) is 27.8 Å². The van der Waals surface area contributed by atoms with E-state index in [0.717, 1.165) is 33.5 Å². The maximum atomic E-state index is 14.0. The van der Waals surface area contributed by atoms with Crippen LogP contribution >= 0.6 is 11.3 Å². The Morgan fingerprint density at radius 2 is 1.89 bits per heavy atom. The molecule has 0 aliphatic carbocycles. The topological polar surface area (TPSA) is 83.5 Å². The zero-order chi connectivity index (χ0) is 26.2. The van der Waals surface area contributed by atoms with Crippen LogP contribution in [0.3, 0.4) is 0 Å². The molecule has 2 aromatic carbocycles. The molecule has 0 bridgehead atoms. The van der Waals surface area contributed by atoms with Crippen molar-refractivity contribution in [2.75, 3.05) is 18.0 Å². The molecule has 192 valence electrons. The minimum Gasteiger partial charge on any atom is -0.282 e. The SMILES string of the molecule is Cc1cc2nc(N(Cc3ccccn3)C(=O)C3CCCN(S(=O)(=O)c4ccc(F)cc4)C3)sc2cc1C. The van der Waals surface area contributed by atoms with Crippen molar-refractivity contribution in [2.24, 2.45) is 5.92 Å². The van der Waals surface area contributed by atoms with Gasteiger partial charge in [-0.1, -0.05) is 17.4 Å². The van der Waals surface area contributed by atoms with Crippen LogP contribution in [0.4, 0.5) is 9.52 Å². The molecule has 0 radical (unpaired) electrons. The number of aromatic nitrogens is 2. The van der Waals surface area contributed by atoms with E-state index in [0.29, 0.717) is 30.2 Å². The third kappa shape index (κ3) is 5.27. The lowest BCUT2D eigenvalue weighted by molar-refractivity contribution is -0.123. The number of benzene rings is 2. The number of hydrogen-bond acceptors (Lipinski definition) is 6. The Labute approximate surface area is 219 Å². The Morgan fingerprint density at radius 3 is 2.62 bits per heavy atom. The van der Waals surface area contributed by atoms with Gasteiger partial charge < -0.3 is 0 Å². The average Bonchev–Trinajstić information content (AvgIpc) is 3.30. The summed E-state index contributed by atoms with van der Waals surface area (Å²) in [5.74, 6) is -1.22. The third-order valence-corrected chi connectivity index (χ3v) is 9.64. The fourth-order valence-electron chi connectivity index (χ4n) is 4.52. The minimum atomic E-state index is -3.85. The summed E-state index contributed by atoms with van der Waals surface area (Å²) in [6, 6.07) is 14.4. The molecule has 37 heavy (non-hydrogen) atoms. The number of sulfonamides is 1. The summed E-state index contributed by atoms with van der Waals surface area (Å²) in [5.41, 5.74) is 3.82. The summed E-state index contributed by atoms with van der Waals surface area (Å²) in [6.07, 6.45) is 2.79. The first-order valence-corrected chi connectivity index (χ1v) is 14.3. The van der Waals surface area contributed by atoms with Gasteiger partial charge in [0, 0.05) is 19.3 Å². The summed E-state index contributed by atoms with van der Waals surface area (Å²) in [7, 11) is -3.85. The molecule has 7 nitrogen and oxygen atoms in total. The Morgan fingerprint density at radius 1 is 1.14 bits per heavy atom. The number of amides is 1. The molecule has 0 N–H and O–H groups in total. The second-order valence-corrected chi connectivity index (χ2v) is 12.2. The molecule has 3 heterocycles. The number of pyridine rings is 1. The number of anilines is 1. The molecule has 1 unspecified atom stereocenters. The molecule has 1 amide bonds. The van der Waals surface area contributed by atoms with Gasteiger partial charge in [0.2, 0.25) is 15.9 Å². The van der Waals surface area contributed by atoms with E-state index in [1.54, 1.807) is 11.1 Å². The van der Waals surface area contributed by atoms with Gasteiger partial charge in [-0.25, -0.2) is 17.8 Å². The fourth-order valence-corrected chi connectivity index (χ4v) is 7.09. The number of hydrogen-bond donors (Lipinski definition) is 0. The molecule has 1 saturated heterocycles. The van der Waals surface area contributed by atoms with Gasteiger partial charge in [-0.3, -0.25) is 14.7 Å². The molecule has 5 rings (SSSR count). The molecule has 1 aliphatic heterocycles. The molecule has 1 atom stereocenters. The zero-order valence-corrected chi connectivity index (χ0v) is 22.2. The second-order valence-electron chi connectivity index (χ2n) is 9.30. The average molecular weight is 539 g/mol. The van der Waals surface area contributed by atoms with E-state index >= 15 is 0 Å². The van der Waals surface area contributed by atoms with E-state index in [9.17, 15) is 17.6 Å². The van der Waals surface area contributed by atoms with Crippen LogP contribution < -0.4 is 4.90 Å². The summed E-state index contributed by atoms with van der Waals surface area (Å²) in [5, 5.41) is 0.564. The molecule has 1 fully saturated rings. The van der Waals surface area contributed by atoms with Crippen molar-refractivity contribution >= 4 is 42.6 Å². The van der Waals surface area contributed by atoms with Gasteiger partial charge >= 0.3 is 0 Å². The summed E-state index contributed by atoms with van der Waals surface area (Å²) in [4.78, 5) is 24.8. The first kappa shape index (κ1) is 25.4. The quantitative estimate of drug-likeness (QED) is 0.342. The number of fused-ring (bicyclic) bond motifs is 1. The Bertz CT molecular complexity index is 1500. The second kappa shape index (κ2) is 10.3. The first-order valence-electron chi connectivity index (χ1n) is 12.1. The number of thiazole rings is 1. The van der Waals surface area contributed by atoms with Gasteiger partial charge in [0.05, 0.1) is 33.3 Å². The Kier molecular flexibility index (Phi) is 7.06. The maximum absolute atomic E-state index is 14.0. The minimum absolute atomic E-state index is 0.0178. The van der Waals surface area contributed by atoms with Gasteiger partial charge in [0.15, 0.2) is 5.13 Å². The molecular formula is C27H27FN4O3S2. The summed E-state index contributed by atoms with van der Waals surface area (Å²) in [6.45, 7) is 4.67. The monoisotopic (exact) mass is 538 g/mol. The molecule has 10 heteroatoms. The highest BCUT2D eigenvalue weighted by Gasteiger charge is 2.36. The summed E-state index contributed by atoms with van der Waals surface area (Å²) >= 11 is 1.44.